The zero-order valence-electron chi connectivity index (χ0n) is 8.79. The lowest BCUT2D eigenvalue weighted by atomic mass is 10.1. The molecule has 2 rings (SSSR count). The third-order valence-electron chi connectivity index (χ3n) is 2.53. The van der Waals surface area contributed by atoms with Gasteiger partial charge >= 0.3 is 0 Å². The lowest BCUT2D eigenvalue weighted by Crippen LogP contribution is -2.36. The molecule has 1 unspecified atom stereocenters. The predicted molar refractivity (Wildman–Crippen MR) is 55.7 cm³/mol. The molecular formula is C11H12FNO3. The Morgan fingerprint density at radius 3 is 2.94 bits per heavy atom. The van der Waals surface area contributed by atoms with E-state index in [9.17, 15) is 9.18 Å². The smallest absolute Gasteiger partial charge is 0.265 e. The summed E-state index contributed by atoms with van der Waals surface area (Å²) >= 11 is 0. The van der Waals surface area contributed by atoms with E-state index in [-0.39, 0.29) is 17.2 Å². The summed E-state index contributed by atoms with van der Waals surface area (Å²) in [5, 5.41) is 11.3. The molecule has 1 atom stereocenters. The number of rotatable bonds is 2. The van der Waals surface area contributed by atoms with Crippen LogP contribution in [0.4, 0.5) is 10.1 Å². The van der Waals surface area contributed by atoms with Gasteiger partial charge < -0.3 is 15.2 Å². The fourth-order valence-corrected chi connectivity index (χ4v) is 1.62. The molecule has 2 N–H and O–H groups in total. The molecule has 1 amide bonds. The molecule has 0 spiro atoms. The highest BCUT2D eigenvalue weighted by molar-refractivity contribution is 5.97. The van der Waals surface area contributed by atoms with Crippen molar-refractivity contribution >= 4 is 11.6 Å². The minimum atomic E-state index is -0.636. The molecule has 0 bridgehead atoms. The van der Waals surface area contributed by atoms with Crippen molar-refractivity contribution < 1.29 is 19.0 Å². The first kappa shape index (κ1) is 10.9. The van der Waals surface area contributed by atoms with E-state index in [2.05, 4.69) is 5.32 Å². The number of halogens is 1. The van der Waals surface area contributed by atoms with Gasteiger partial charge in [0.2, 0.25) is 0 Å². The number of ether oxygens (including phenoxy) is 1. The molecule has 1 aromatic carbocycles. The SMILES string of the molecule is CCC1Oc2ccc(CO)c(F)c2NC1=O. The van der Waals surface area contributed by atoms with Crippen LogP contribution >= 0.6 is 0 Å². The molecule has 0 fully saturated rings. The van der Waals surface area contributed by atoms with E-state index in [0.717, 1.165) is 0 Å². The van der Waals surface area contributed by atoms with Crippen LogP contribution in [0.25, 0.3) is 0 Å². The molecule has 0 aliphatic carbocycles. The van der Waals surface area contributed by atoms with Gasteiger partial charge in [-0.3, -0.25) is 4.79 Å². The number of nitrogens with one attached hydrogen (secondary N) is 1. The summed E-state index contributed by atoms with van der Waals surface area (Å²) in [6.07, 6.45) is -0.0545. The van der Waals surface area contributed by atoms with Crippen LogP contribution in [0.1, 0.15) is 18.9 Å². The highest BCUT2D eigenvalue weighted by Gasteiger charge is 2.28. The van der Waals surface area contributed by atoms with Gasteiger partial charge in [0.05, 0.1) is 6.61 Å². The Balaban J connectivity index is 2.43. The Bertz CT molecular complexity index is 433. The van der Waals surface area contributed by atoms with Crippen LogP contribution in [0.15, 0.2) is 12.1 Å². The van der Waals surface area contributed by atoms with Crippen molar-refractivity contribution in [2.75, 3.05) is 5.32 Å². The van der Waals surface area contributed by atoms with Gasteiger partial charge in [-0.2, -0.15) is 0 Å². The number of hydrogen-bond donors (Lipinski definition) is 2. The Hall–Kier alpha value is -1.62. The third kappa shape index (κ3) is 1.63. The molecule has 1 heterocycles. The molecular weight excluding hydrogens is 213 g/mol. The lowest BCUT2D eigenvalue weighted by Gasteiger charge is -2.25. The Kier molecular flexibility index (Phi) is 2.78. The topological polar surface area (TPSA) is 58.6 Å². The maximum absolute atomic E-state index is 13.7. The summed E-state index contributed by atoms with van der Waals surface area (Å²) < 4.78 is 19.0. The number of anilines is 1. The number of hydrogen-bond acceptors (Lipinski definition) is 3. The molecule has 0 aromatic heterocycles. The summed E-state index contributed by atoms with van der Waals surface area (Å²) in [6.45, 7) is 1.40. The van der Waals surface area contributed by atoms with Gasteiger partial charge in [-0.15, -0.1) is 0 Å². The minimum absolute atomic E-state index is 0.0150. The Labute approximate surface area is 92.0 Å². The second-order valence-electron chi connectivity index (χ2n) is 3.57. The van der Waals surface area contributed by atoms with Crippen molar-refractivity contribution in [3.8, 4) is 5.75 Å². The van der Waals surface area contributed by atoms with Crippen LogP contribution in [0.3, 0.4) is 0 Å². The zero-order valence-corrected chi connectivity index (χ0v) is 8.79. The molecule has 4 nitrogen and oxygen atoms in total. The quantitative estimate of drug-likeness (QED) is 0.800. The molecule has 0 radical (unpaired) electrons. The molecule has 1 aromatic rings. The van der Waals surface area contributed by atoms with Crippen molar-refractivity contribution in [3.63, 3.8) is 0 Å². The summed E-state index contributed by atoms with van der Waals surface area (Å²) in [7, 11) is 0. The highest BCUT2D eigenvalue weighted by Crippen LogP contribution is 2.34. The summed E-state index contributed by atoms with van der Waals surface area (Å²) in [5.74, 6) is -0.687. The fourth-order valence-electron chi connectivity index (χ4n) is 1.62. The van der Waals surface area contributed by atoms with E-state index in [0.29, 0.717) is 12.2 Å². The number of aliphatic hydroxyl groups is 1. The largest absolute Gasteiger partial charge is 0.478 e. The number of benzene rings is 1. The second kappa shape index (κ2) is 4.09. The van der Waals surface area contributed by atoms with Crippen molar-refractivity contribution in [2.45, 2.75) is 26.1 Å². The average Bonchev–Trinajstić information content (AvgIpc) is 2.30. The van der Waals surface area contributed by atoms with E-state index >= 15 is 0 Å². The number of carbonyl (C=O) groups is 1. The highest BCUT2D eigenvalue weighted by atomic mass is 19.1. The summed E-state index contributed by atoms with van der Waals surface area (Å²) in [5.41, 5.74) is 0.152. The first-order chi connectivity index (χ1) is 7.67. The van der Waals surface area contributed by atoms with Crippen LogP contribution in [0.2, 0.25) is 0 Å². The number of amides is 1. The molecule has 86 valence electrons. The normalized spacial score (nSPS) is 18.7. The molecule has 0 saturated carbocycles. The maximum atomic E-state index is 13.7. The Morgan fingerprint density at radius 1 is 1.56 bits per heavy atom. The fraction of sp³-hybridized carbons (Fsp3) is 0.364. The molecule has 1 aliphatic rings. The van der Waals surface area contributed by atoms with Crippen LogP contribution in [-0.2, 0) is 11.4 Å². The van der Waals surface area contributed by atoms with Gasteiger partial charge in [-0.25, -0.2) is 4.39 Å². The van der Waals surface area contributed by atoms with E-state index in [1.165, 1.54) is 6.07 Å². The number of aliphatic hydroxyl groups excluding tert-OH is 1. The van der Waals surface area contributed by atoms with Gasteiger partial charge in [-0.1, -0.05) is 6.92 Å². The molecule has 1 aliphatic heterocycles. The number of carbonyl (C=O) groups excluding carboxylic acids is 1. The van der Waals surface area contributed by atoms with Gasteiger partial charge in [0.25, 0.3) is 5.91 Å². The van der Waals surface area contributed by atoms with Crippen LogP contribution < -0.4 is 10.1 Å². The van der Waals surface area contributed by atoms with Gasteiger partial charge in [0, 0.05) is 5.56 Å². The van der Waals surface area contributed by atoms with Gasteiger partial charge in [-0.05, 0) is 18.6 Å². The summed E-state index contributed by atoms with van der Waals surface area (Å²) in [4.78, 5) is 11.5. The maximum Gasteiger partial charge on any atom is 0.265 e. The van der Waals surface area contributed by atoms with Crippen LogP contribution in [-0.4, -0.2) is 17.1 Å². The molecule has 0 saturated heterocycles. The van der Waals surface area contributed by atoms with Crippen molar-refractivity contribution in [2.24, 2.45) is 0 Å². The molecule has 16 heavy (non-hydrogen) atoms. The summed E-state index contributed by atoms with van der Waals surface area (Å²) in [6, 6.07) is 2.99. The second-order valence-corrected chi connectivity index (χ2v) is 3.57. The predicted octanol–water partition coefficient (Wildman–Crippen LogP) is 1.43. The first-order valence-corrected chi connectivity index (χ1v) is 5.07. The van der Waals surface area contributed by atoms with E-state index in [4.69, 9.17) is 9.84 Å². The monoisotopic (exact) mass is 225 g/mol. The minimum Gasteiger partial charge on any atom is -0.478 e. The average molecular weight is 225 g/mol. The van der Waals surface area contributed by atoms with Gasteiger partial charge in [0.15, 0.2) is 11.9 Å². The first-order valence-electron chi connectivity index (χ1n) is 5.07. The lowest BCUT2D eigenvalue weighted by molar-refractivity contribution is -0.123. The van der Waals surface area contributed by atoms with E-state index in [1.807, 2.05) is 6.92 Å². The zero-order chi connectivity index (χ0) is 11.7. The van der Waals surface area contributed by atoms with Crippen LogP contribution in [0.5, 0.6) is 5.75 Å². The third-order valence-corrected chi connectivity index (χ3v) is 2.53. The van der Waals surface area contributed by atoms with E-state index < -0.39 is 18.5 Å². The Morgan fingerprint density at radius 2 is 2.31 bits per heavy atom. The van der Waals surface area contributed by atoms with Crippen LogP contribution in [0, 0.1) is 5.82 Å². The standard InChI is InChI=1S/C11H12FNO3/c1-2-7-11(15)13-10-8(16-7)4-3-6(5-14)9(10)12/h3-4,7,14H,2,5H2,1H3,(H,13,15). The van der Waals surface area contributed by atoms with E-state index in [1.54, 1.807) is 6.07 Å². The van der Waals surface area contributed by atoms with Gasteiger partial charge in [0.1, 0.15) is 11.4 Å². The molecule has 5 heteroatoms. The van der Waals surface area contributed by atoms with Crippen molar-refractivity contribution in [1.29, 1.82) is 0 Å². The van der Waals surface area contributed by atoms with Crippen molar-refractivity contribution in [3.05, 3.63) is 23.5 Å². The van der Waals surface area contributed by atoms with Crippen molar-refractivity contribution in [1.82, 2.24) is 0 Å². The number of fused-ring (bicyclic) bond motifs is 1.